The van der Waals surface area contributed by atoms with Gasteiger partial charge in [0.25, 0.3) is 0 Å². The molecule has 21 heavy (non-hydrogen) atoms. The Hall–Kier alpha value is -1.86. The molecular formula is C14H20N4O2S. The van der Waals surface area contributed by atoms with Gasteiger partial charge in [-0.1, -0.05) is 12.1 Å². The van der Waals surface area contributed by atoms with Gasteiger partial charge in [-0.3, -0.25) is 4.68 Å². The summed E-state index contributed by atoms with van der Waals surface area (Å²) in [7, 11) is 1.46. The fraction of sp³-hybridized carbons (Fsp3) is 0.357. The van der Waals surface area contributed by atoms with Gasteiger partial charge in [0.1, 0.15) is 4.90 Å². The van der Waals surface area contributed by atoms with Crippen LogP contribution in [0.3, 0.4) is 0 Å². The molecule has 0 fully saturated rings. The van der Waals surface area contributed by atoms with Crippen molar-refractivity contribution in [3.05, 3.63) is 41.7 Å². The van der Waals surface area contributed by atoms with E-state index in [1.165, 1.54) is 18.4 Å². The number of para-hydroxylation sites is 1. The van der Waals surface area contributed by atoms with Crippen LogP contribution in [0.25, 0.3) is 0 Å². The molecule has 0 amide bonds. The Kier molecular flexibility index (Phi) is 4.34. The summed E-state index contributed by atoms with van der Waals surface area (Å²) in [4.78, 5) is 0.275. The molecule has 0 aliphatic carbocycles. The molecule has 0 spiro atoms. The van der Waals surface area contributed by atoms with Crippen molar-refractivity contribution in [2.75, 3.05) is 19.4 Å². The second kappa shape index (κ2) is 5.87. The van der Waals surface area contributed by atoms with E-state index in [2.05, 4.69) is 10.4 Å². The van der Waals surface area contributed by atoms with Crippen LogP contribution >= 0.6 is 0 Å². The van der Waals surface area contributed by atoms with E-state index in [0.29, 0.717) is 12.2 Å². The van der Waals surface area contributed by atoms with Gasteiger partial charge in [0.15, 0.2) is 0 Å². The van der Waals surface area contributed by atoms with Crippen LogP contribution in [0, 0.1) is 6.92 Å². The largest absolute Gasteiger partial charge is 0.380 e. The Morgan fingerprint density at radius 3 is 2.52 bits per heavy atom. The number of anilines is 1. The summed E-state index contributed by atoms with van der Waals surface area (Å²) in [6.07, 6.45) is 1.78. The van der Waals surface area contributed by atoms with Gasteiger partial charge in [-0.15, -0.1) is 0 Å². The van der Waals surface area contributed by atoms with Crippen LogP contribution in [0.1, 0.15) is 11.3 Å². The zero-order valence-electron chi connectivity index (χ0n) is 12.7. The standard InChI is InChI=1S/C14H20N4O2S/c1-11-12(10-16-18(11)4)9-15-13-7-5-6-8-14(13)21(19,20)17(2)3/h5-8,10,15H,9H2,1-4H3. The average Bonchev–Trinajstić information content (AvgIpc) is 2.76. The number of aryl methyl sites for hydroxylation is 1. The van der Waals surface area contributed by atoms with Crippen molar-refractivity contribution in [3.8, 4) is 0 Å². The number of nitrogens with zero attached hydrogens (tertiary/aromatic N) is 3. The molecule has 1 N–H and O–H groups in total. The Bertz CT molecular complexity index is 735. The summed E-state index contributed by atoms with van der Waals surface area (Å²) >= 11 is 0. The summed E-state index contributed by atoms with van der Waals surface area (Å²) in [5.41, 5.74) is 2.68. The fourth-order valence-electron chi connectivity index (χ4n) is 1.94. The van der Waals surface area contributed by atoms with Crippen LogP contribution in [-0.4, -0.2) is 36.6 Å². The van der Waals surface area contributed by atoms with Crippen molar-refractivity contribution in [1.29, 1.82) is 0 Å². The van der Waals surface area contributed by atoms with Crippen molar-refractivity contribution >= 4 is 15.7 Å². The second-order valence-electron chi connectivity index (χ2n) is 5.02. The maximum Gasteiger partial charge on any atom is 0.244 e. The van der Waals surface area contributed by atoms with E-state index in [4.69, 9.17) is 0 Å². The van der Waals surface area contributed by atoms with E-state index in [-0.39, 0.29) is 4.90 Å². The topological polar surface area (TPSA) is 67.2 Å². The minimum absolute atomic E-state index is 0.275. The lowest BCUT2D eigenvalue weighted by molar-refractivity contribution is 0.521. The SMILES string of the molecule is Cc1c(CNc2ccccc2S(=O)(=O)N(C)C)cnn1C. The van der Waals surface area contributed by atoms with Crippen molar-refractivity contribution in [1.82, 2.24) is 14.1 Å². The number of aromatic nitrogens is 2. The molecule has 1 aromatic carbocycles. The third kappa shape index (κ3) is 3.08. The Balaban J connectivity index is 2.28. The first kappa shape index (κ1) is 15.5. The molecule has 114 valence electrons. The number of sulfonamides is 1. The summed E-state index contributed by atoms with van der Waals surface area (Å²) in [6, 6.07) is 6.90. The summed E-state index contributed by atoms with van der Waals surface area (Å²) < 4.78 is 27.6. The van der Waals surface area contributed by atoms with Gasteiger partial charge in [0.2, 0.25) is 10.0 Å². The van der Waals surface area contributed by atoms with Crippen molar-refractivity contribution in [2.45, 2.75) is 18.4 Å². The van der Waals surface area contributed by atoms with Crippen LogP contribution < -0.4 is 5.32 Å². The molecule has 0 radical (unpaired) electrons. The van der Waals surface area contributed by atoms with Gasteiger partial charge >= 0.3 is 0 Å². The zero-order valence-corrected chi connectivity index (χ0v) is 13.5. The smallest absolute Gasteiger partial charge is 0.244 e. The first-order valence-electron chi connectivity index (χ1n) is 6.57. The maximum absolute atomic E-state index is 12.3. The molecule has 0 aliphatic heterocycles. The highest BCUT2D eigenvalue weighted by Gasteiger charge is 2.20. The predicted octanol–water partition coefficient (Wildman–Crippen LogP) is 1.59. The predicted molar refractivity (Wildman–Crippen MR) is 82.6 cm³/mol. The number of benzene rings is 1. The minimum Gasteiger partial charge on any atom is -0.380 e. The molecule has 1 aromatic heterocycles. The van der Waals surface area contributed by atoms with Crippen molar-refractivity contribution in [3.63, 3.8) is 0 Å². The monoisotopic (exact) mass is 308 g/mol. The van der Waals surface area contributed by atoms with E-state index in [0.717, 1.165) is 11.3 Å². The van der Waals surface area contributed by atoms with Gasteiger partial charge < -0.3 is 5.32 Å². The van der Waals surface area contributed by atoms with Crippen LogP contribution in [0.15, 0.2) is 35.4 Å². The van der Waals surface area contributed by atoms with E-state index >= 15 is 0 Å². The maximum atomic E-state index is 12.3. The molecule has 0 aliphatic rings. The lowest BCUT2D eigenvalue weighted by atomic mass is 10.2. The minimum atomic E-state index is -3.47. The molecular weight excluding hydrogens is 288 g/mol. The fourth-order valence-corrected chi connectivity index (χ4v) is 3.00. The Labute approximate surface area is 125 Å². The molecule has 2 aromatic rings. The third-order valence-electron chi connectivity index (χ3n) is 3.45. The number of hydrogen-bond donors (Lipinski definition) is 1. The second-order valence-corrected chi connectivity index (χ2v) is 7.14. The summed E-state index contributed by atoms with van der Waals surface area (Å²) in [6.45, 7) is 2.51. The first-order valence-corrected chi connectivity index (χ1v) is 8.01. The van der Waals surface area contributed by atoms with E-state index in [1.54, 1.807) is 29.1 Å². The zero-order chi connectivity index (χ0) is 15.6. The Morgan fingerprint density at radius 2 is 1.95 bits per heavy atom. The molecule has 0 saturated heterocycles. The summed E-state index contributed by atoms with van der Waals surface area (Å²) in [5, 5.41) is 7.36. The van der Waals surface area contributed by atoms with Crippen LogP contribution in [0.5, 0.6) is 0 Å². The van der Waals surface area contributed by atoms with E-state index in [9.17, 15) is 8.42 Å². The molecule has 7 heteroatoms. The highest BCUT2D eigenvalue weighted by molar-refractivity contribution is 7.89. The lowest BCUT2D eigenvalue weighted by Gasteiger charge is -2.16. The molecule has 0 unspecified atom stereocenters. The van der Waals surface area contributed by atoms with Gasteiger partial charge in [0.05, 0.1) is 11.9 Å². The average molecular weight is 308 g/mol. The lowest BCUT2D eigenvalue weighted by Crippen LogP contribution is -2.23. The first-order chi connectivity index (χ1) is 9.84. The van der Waals surface area contributed by atoms with Crippen molar-refractivity contribution < 1.29 is 8.42 Å². The number of nitrogens with one attached hydrogen (secondary N) is 1. The van der Waals surface area contributed by atoms with Gasteiger partial charge in [-0.25, -0.2) is 12.7 Å². The molecule has 0 bridgehead atoms. The van der Waals surface area contributed by atoms with Crippen LogP contribution in [0.4, 0.5) is 5.69 Å². The molecule has 2 rings (SSSR count). The highest BCUT2D eigenvalue weighted by Crippen LogP contribution is 2.23. The van der Waals surface area contributed by atoms with Gasteiger partial charge in [0, 0.05) is 38.9 Å². The normalized spacial score (nSPS) is 11.9. The molecule has 0 saturated carbocycles. The third-order valence-corrected chi connectivity index (χ3v) is 5.33. The van der Waals surface area contributed by atoms with E-state index in [1.807, 2.05) is 20.0 Å². The van der Waals surface area contributed by atoms with Crippen LogP contribution in [-0.2, 0) is 23.6 Å². The van der Waals surface area contributed by atoms with Crippen molar-refractivity contribution in [2.24, 2.45) is 7.05 Å². The van der Waals surface area contributed by atoms with Gasteiger partial charge in [-0.05, 0) is 19.1 Å². The molecule has 0 atom stereocenters. The van der Waals surface area contributed by atoms with Crippen LogP contribution in [0.2, 0.25) is 0 Å². The van der Waals surface area contributed by atoms with Gasteiger partial charge in [-0.2, -0.15) is 5.10 Å². The Morgan fingerprint density at radius 1 is 1.29 bits per heavy atom. The quantitative estimate of drug-likeness (QED) is 0.911. The summed E-state index contributed by atoms with van der Waals surface area (Å²) in [5.74, 6) is 0. The molecule has 6 nitrogen and oxygen atoms in total. The van der Waals surface area contributed by atoms with E-state index < -0.39 is 10.0 Å². The number of rotatable bonds is 5. The highest BCUT2D eigenvalue weighted by atomic mass is 32.2. The number of hydrogen-bond acceptors (Lipinski definition) is 4. The molecule has 1 heterocycles.